The molecule has 90 valence electrons. The second-order valence-corrected chi connectivity index (χ2v) is 5.14. The van der Waals surface area contributed by atoms with Crippen LogP contribution in [-0.2, 0) is 0 Å². The van der Waals surface area contributed by atoms with E-state index in [1.165, 1.54) is 0 Å². The van der Waals surface area contributed by atoms with Crippen LogP contribution >= 0.6 is 15.9 Å². The number of aromatic amines is 1. The maximum Gasteiger partial charge on any atom is 0.140 e. The zero-order valence-electron chi connectivity index (χ0n) is 9.74. The molecule has 0 aliphatic carbocycles. The number of rotatable bonds is 1. The van der Waals surface area contributed by atoms with E-state index in [1.807, 2.05) is 31.3 Å². The van der Waals surface area contributed by atoms with E-state index in [1.54, 1.807) is 6.20 Å². The zero-order chi connectivity index (χ0) is 12.7. The Morgan fingerprint density at radius 2 is 2.06 bits per heavy atom. The molecule has 0 atom stereocenters. The first-order chi connectivity index (χ1) is 8.63. The van der Waals surface area contributed by atoms with Crippen LogP contribution in [0.5, 0.6) is 0 Å². The summed E-state index contributed by atoms with van der Waals surface area (Å²) < 4.78 is 0.935. The molecule has 5 heteroatoms. The number of halogens is 1. The number of nitrogens with one attached hydrogen (secondary N) is 1. The molecule has 0 unspecified atom stereocenters. The molecule has 2 aromatic heterocycles. The average Bonchev–Trinajstić information content (AvgIpc) is 2.73. The molecule has 0 amide bonds. The van der Waals surface area contributed by atoms with Gasteiger partial charge >= 0.3 is 0 Å². The van der Waals surface area contributed by atoms with E-state index in [4.69, 9.17) is 5.73 Å². The average molecular weight is 303 g/mol. The first kappa shape index (κ1) is 11.2. The fraction of sp³-hybridized carbons (Fsp3) is 0.0769. The highest BCUT2D eigenvalue weighted by Gasteiger charge is 2.09. The number of nitrogens with zero attached hydrogens (tertiary/aromatic N) is 2. The van der Waals surface area contributed by atoms with Gasteiger partial charge in [-0.2, -0.15) is 0 Å². The number of H-pyrrole nitrogens is 1. The largest absolute Gasteiger partial charge is 0.397 e. The molecule has 0 fully saturated rings. The van der Waals surface area contributed by atoms with Crippen molar-refractivity contribution in [1.29, 1.82) is 0 Å². The lowest BCUT2D eigenvalue weighted by Crippen LogP contribution is -1.86. The summed E-state index contributed by atoms with van der Waals surface area (Å²) in [5, 5.41) is 0. The number of anilines is 1. The topological polar surface area (TPSA) is 67.6 Å². The number of benzene rings is 1. The highest BCUT2D eigenvalue weighted by atomic mass is 79.9. The predicted molar refractivity (Wildman–Crippen MR) is 76.2 cm³/mol. The van der Waals surface area contributed by atoms with Gasteiger partial charge in [-0.25, -0.2) is 4.98 Å². The van der Waals surface area contributed by atoms with Crippen molar-refractivity contribution < 1.29 is 0 Å². The van der Waals surface area contributed by atoms with Gasteiger partial charge in [0.2, 0.25) is 0 Å². The van der Waals surface area contributed by atoms with Gasteiger partial charge in [-0.1, -0.05) is 15.9 Å². The Bertz CT molecular complexity index is 733. The number of aryl methyl sites for hydroxylation is 1. The van der Waals surface area contributed by atoms with Crippen LogP contribution in [0.2, 0.25) is 0 Å². The minimum Gasteiger partial charge on any atom is -0.397 e. The quantitative estimate of drug-likeness (QED) is 0.678. The number of nitrogen functional groups attached to an aromatic ring is 1. The van der Waals surface area contributed by atoms with Crippen molar-refractivity contribution in [2.45, 2.75) is 6.92 Å². The van der Waals surface area contributed by atoms with Crippen LogP contribution in [0, 0.1) is 6.92 Å². The predicted octanol–water partition coefficient (Wildman–Crippen LogP) is 3.28. The number of fused-ring (bicyclic) bond motifs is 1. The van der Waals surface area contributed by atoms with Crippen molar-refractivity contribution in [2.24, 2.45) is 0 Å². The lowest BCUT2D eigenvalue weighted by Gasteiger charge is -1.96. The lowest BCUT2D eigenvalue weighted by atomic mass is 10.2. The van der Waals surface area contributed by atoms with Gasteiger partial charge in [0.15, 0.2) is 0 Å². The Kier molecular flexibility index (Phi) is 2.56. The van der Waals surface area contributed by atoms with Crippen molar-refractivity contribution in [3.8, 4) is 11.4 Å². The van der Waals surface area contributed by atoms with Crippen LogP contribution in [0.1, 0.15) is 5.56 Å². The Morgan fingerprint density at radius 1 is 1.22 bits per heavy atom. The van der Waals surface area contributed by atoms with Gasteiger partial charge in [0, 0.05) is 22.4 Å². The summed E-state index contributed by atoms with van der Waals surface area (Å²) in [4.78, 5) is 12.0. The van der Waals surface area contributed by atoms with Crippen LogP contribution in [0.25, 0.3) is 22.4 Å². The van der Waals surface area contributed by atoms with Crippen molar-refractivity contribution >= 4 is 32.7 Å². The molecule has 1 aromatic carbocycles. The van der Waals surface area contributed by atoms with E-state index in [-0.39, 0.29) is 0 Å². The molecule has 3 N–H and O–H groups in total. The first-order valence-electron chi connectivity index (χ1n) is 5.50. The molecule has 0 saturated heterocycles. The minimum atomic E-state index is 0.655. The van der Waals surface area contributed by atoms with E-state index in [9.17, 15) is 0 Å². The number of nitrogens with two attached hydrogens (primary N) is 1. The van der Waals surface area contributed by atoms with E-state index in [2.05, 4.69) is 30.9 Å². The summed E-state index contributed by atoms with van der Waals surface area (Å²) in [6.45, 7) is 2.00. The molecular weight excluding hydrogens is 292 g/mol. The molecule has 0 bridgehead atoms. The van der Waals surface area contributed by atoms with E-state index in [0.717, 1.165) is 32.5 Å². The molecule has 3 aromatic rings. The second-order valence-electron chi connectivity index (χ2n) is 4.23. The van der Waals surface area contributed by atoms with Crippen LogP contribution in [0.3, 0.4) is 0 Å². The normalized spacial score (nSPS) is 11.0. The van der Waals surface area contributed by atoms with E-state index in [0.29, 0.717) is 5.69 Å². The Morgan fingerprint density at radius 3 is 2.83 bits per heavy atom. The molecule has 4 nitrogen and oxygen atoms in total. The standard InChI is InChI=1S/C13H11BrN4/c1-7-2-8(6-16-5-7)13-17-11-4-9(14)3-10(15)12(11)18-13/h2-6H,15H2,1H3,(H,17,18). The molecule has 2 heterocycles. The fourth-order valence-corrected chi connectivity index (χ4v) is 2.40. The SMILES string of the molecule is Cc1cncc(-c2nc3c(N)cc(Br)cc3[nH]2)c1. The molecule has 3 rings (SSSR count). The summed E-state index contributed by atoms with van der Waals surface area (Å²) in [7, 11) is 0. The maximum absolute atomic E-state index is 5.95. The monoisotopic (exact) mass is 302 g/mol. The van der Waals surface area contributed by atoms with Crippen LogP contribution in [0.4, 0.5) is 5.69 Å². The summed E-state index contributed by atoms with van der Waals surface area (Å²) in [5.74, 6) is 0.783. The van der Waals surface area contributed by atoms with Gasteiger partial charge in [0.25, 0.3) is 0 Å². The van der Waals surface area contributed by atoms with Crippen LogP contribution in [0.15, 0.2) is 35.1 Å². The molecule has 0 aliphatic rings. The molecule has 0 aliphatic heterocycles. The number of pyridine rings is 1. The van der Waals surface area contributed by atoms with Crippen LogP contribution in [-0.4, -0.2) is 15.0 Å². The second kappa shape index (κ2) is 4.10. The van der Waals surface area contributed by atoms with Crippen molar-refractivity contribution in [3.05, 3.63) is 40.6 Å². The Balaban J connectivity index is 2.22. The minimum absolute atomic E-state index is 0.655. The maximum atomic E-state index is 5.95. The number of imidazole rings is 1. The van der Waals surface area contributed by atoms with Gasteiger partial charge in [-0.3, -0.25) is 4.98 Å². The van der Waals surface area contributed by atoms with Crippen molar-refractivity contribution in [1.82, 2.24) is 15.0 Å². The fourth-order valence-electron chi connectivity index (χ4n) is 1.93. The van der Waals surface area contributed by atoms with Gasteiger partial charge < -0.3 is 10.7 Å². The van der Waals surface area contributed by atoms with E-state index < -0.39 is 0 Å². The van der Waals surface area contributed by atoms with Crippen molar-refractivity contribution in [3.63, 3.8) is 0 Å². The van der Waals surface area contributed by atoms with Gasteiger partial charge in [0.05, 0.1) is 11.2 Å². The third-order valence-corrected chi connectivity index (χ3v) is 3.19. The third-order valence-electron chi connectivity index (χ3n) is 2.73. The molecule has 0 saturated carbocycles. The number of hydrogen-bond donors (Lipinski definition) is 2. The van der Waals surface area contributed by atoms with Crippen molar-refractivity contribution in [2.75, 3.05) is 5.73 Å². The Labute approximate surface area is 112 Å². The van der Waals surface area contributed by atoms with E-state index >= 15 is 0 Å². The summed E-state index contributed by atoms with van der Waals surface area (Å²) >= 11 is 3.42. The number of hydrogen-bond acceptors (Lipinski definition) is 3. The number of aromatic nitrogens is 3. The first-order valence-corrected chi connectivity index (χ1v) is 6.29. The van der Waals surface area contributed by atoms with Gasteiger partial charge in [-0.15, -0.1) is 0 Å². The smallest absolute Gasteiger partial charge is 0.140 e. The molecule has 0 spiro atoms. The third kappa shape index (κ3) is 1.86. The molecular formula is C13H11BrN4. The lowest BCUT2D eigenvalue weighted by molar-refractivity contribution is 1.24. The van der Waals surface area contributed by atoms with Crippen LogP contribution < -0.4 is 5.73 Å². The summed E-state index contributed by atoms with van der Waals surface area (Å²) in [5.41, 5.74) is 10.4. The highest BCUT2D eigenvalue weighted by molar-refractivity contribution is 9.10. The van der Waals surface area contributed by atoms with Gasteiger partial charge in [0.1, 0.15) is 11.3 Å². The zero-order valence-corrected chi connectivity index (χ0v) is 11.3. The van der Waals surface area contributed by atoms with Gasteiger partial charge in [-0.05, 0) is 30.7 Å². The molecule has 18 heavy (non-hydrogen) atoms. The summed E-state index contributed by atoms with van der Waals surface area (Å²) in [6.07, 6.45) is 3.60. The highest BCUT2D eigenvalue weighted by Crippen LogP contribution is 2.27. The molecule has 0 radical (unpaired) electrons. The Hall–Kier alpha value is -1.88. The summed E-state index contributed by atoms with van der Waals surface area (Å²) in [6, 6.07) is 5.85.